The van der Waals surface area contributed by atoms with Gasteiger partial charge in [-0.1, -0.05) is 35.3 Å². The van der Waals surface area contributed by atoms with E-state index in [1.165, 1.54) is 0 Å². The molecule has 4 rings (SSSR count). The first kappa shape index (κ1) is 19.2. The molecule has 28 heavy (non-hydrogen) atoms. The van der Waals surface area contributed by atoms with Gasteiger partial charge in [0, 0.05) is 25.3 Å². The Labute approximate surface area is 173 Å². The lowest BCUT2D eigenvalue weighted by atomic mass is 9.78. The number of carbonyl (C=O) groups excluding carboxylic acids is 1. The van der Waals surface area contributed by atoms with Crippen molar-refractivity contribution < 1.29 is 9.53 Å². The molecule has 0 saturated carbocycles. The molecular formula is C19H21Cl2N5O2. The molecular weight excluding hydrogens is 401 g/mol. The number of nitrogens with zero attached hydrogens (tertiary/aromatic N) is 3. The van der Waals surface area contributed by atoms with E-state index >= 15 is 0 Å². The number of benzene rings is 1. The maximum Gasteiger partial charge on any atom is 0.268 e. The Morgan fingerprint density at radius 1 is 1.18 bits per heavy atom. The maximum atomic E-state index is 12.1. The van der Waals surface area contributed by atoms with Crippen molar-refractivity contribution in [2.24, 2.45) is 11.1 Å². The molecule has 2 fully saturated rings. The summed E-state index contributed by atoms with van der Waals surface area (Å²) in [5, 5.41) is 0.619. The quantitative estimate of drug-likeness (QED) is 0.787. The van der Waals surface area contributed by atoms with Crippen molar-refractivity contribution in [2.75, 3.05) is 36.9 Å². The zero-order chi connectivity index (χ0) is 19.9. The largest absolute Gasteiger partial charge is 0.383 e. The summed E-state index contributed by atoms with van der Waals surface area (Å²) in [7, 11) is 0. The number of rotatable bonds is 3. The molecule has 2 saturated heterocycles. The number of halogens is 2. The number of primary amides is 1. The predicted molar refractivity (Wildman–Crippen MR) is 110 cm³/mol. The van der Waals surface area contributed by atoms with E-state index in [4.69, 9.17) is 39.4 Å². The summed E-state index contributed by atoms with van der Waals surface area (Å²) in [6.45, 7) is 3.18. The number of carbonyl (C=O) groups is 1. The van der Waals surface area contributed by atoms with Crippen LogP contribution in [0.25, 0.3) is 11.1 Å². The Morgan fingerprint density at radius 2 is 1.93 bits per heavy atom. The van der Waals surface area contributed by atoms with E-state index < -0.39 is 5.91 Å². The van der Waals surface area contributed by atoms with Gasteiger partial charge < -0.3 is 21.1 Å². The number of piperidine rings is 1. The second-order valence-electron chi connectivity index (χ2n) is 7.39. The number of amides is 1. The van der Waals surface area contributed by atoms with Gasteiger partial charge in [-0.3, -0.25) is 4.79 Å². The van der Waals surface area contributed by atoms with Crippen LogP contribution >= 0.6 is 23.2 Å². The van der Waals surface area contributed by atoms with Crippen molar-refractivity contribution in [2.45, 2.75) is 19.3 Å². The highest BCUT2D eigenvalue weighted by Gasteiger charge is 2.38. The Morgan fingerprint density at radius 3 is 2.57 bits per heavy atom. The van der Waals surface area contributed by atoms with Crippen LogP contribution in [0.5, 0.6) is 0 Å². The second kappa shape index (κ2) is 7.39. The number of nitrogens with two attached hydrogens (primary N) is 2. The van der Waals surface area contributed by atoms with Crippen LogP contribution in [0.4, 0.5) is 11.8 Å². The van der Waals surface area contributed by atoms with Crippen molar-refractivity contribution in [3.8, 4) is 11.1 Å². The third kappa shape index (κ3) is 3.38. The van der Waals surface area contributed by atoms with Gasteiger partial charge in [0.15, 0.2) is 0 Å². The monoisotopic (exact) mass is 421 g/mol. The molecule has 1 aromatic heterocycles. The van der Waals surface area contributed by atoms with E-state index in [9.17, 15) is 4.79 Å². The summed E-state index contributed by atoms with van der Waals surface area (Å²) in [4.78, 5) is 23.1. The van der Waals surface area contributed by atoms with Gasteiger partial charge in [0.1, 0.15) is 11.5 Å². The zero-order valence-electron chi connectivity index (χ0n) is 15.3. The number of nitrogen functional groups attached to an aromatic ring is 1. The third-order valence-corrected chi connectivity index (χ3v) is 6.49. The minimum atomic E-state index is -0.695. The lowest BCUT2D eigenvalue weighted by Gasteiger charge is -2.38. The average molecular weight is 422 g/mol. The summed E-state index contributed by atoms with van der Waals surface area (Å²) < 4.78 is 5.58. The van der Waals surface area contributed by atoms with Crippen LogP contribution in [-0.4, -0.2) is 42.2 Å². The van der Waals surface area contributed by atoms with Crippen molar-refractivity contribution >= 4 is 40.9 Å². The molecule has 2 aliphatic rings. The molecule has 7 nitrogen and oxygen atoms in total. The van der Waals surface area contributed by atoms with Crippen LogP contribution in [0.1, 0.15) is 29.8 Å². The highest BCUT2D eigenvalue weighted by atomic mass is 35.5. The molecule has 2 aromatic rings. The van der Waals surface area contributed by atoms with Crippen LogP contribution in [0.2, 0.25) is 10.0 Å². The number of hydrogen-bond donors (Lipinski definition) is 2. The highest BCUT2D eigenvalue weighted by molar-refractivity contribution is 6.44. The molecule has 4 N–H and O–H groups in total. The minimum absolute atomic E-state index is 0.0381. The molecule has 0 bridgehead atoms. The van der Waals surface area contributed by atoms with Gasteiger partial charge in [0.05, 0.1) is 22.2 Å². The molecule has 1 aromatic carbocycles. The SMILES string of the molecule is NC(=O)c1nc(N2CCC3(CCOC3)CC2)nc(N)c1-c1cccc(Cl)c1Cl. The third-order valence-electron chi connectivity index (χ3n) is 5.67. The smallest absolute Gasteiger partial charge is 0.268 e. The summed E-state index contributed by atoms with van der Waals surface area (Å²) in [5.41, 5.74) is 12.9. The lowest BCUT2D eigenvalue weighted by Crippen LogP contribution is -2.41. The maximum absolute atomic E-state index is 12.1. The van der Waals surface area contributed by atoms with E-state index in [0.29, 0.717) is 22.1 Å². The van der Waals surface area contributed by atoms with Crippen molar-refractivity contribution in [1.29, 1.82) is 0 Å². The Balaban J connectivity index is 1.70. The van der Waals surface area contributed by atoms with Crippen molar-refractivity contribution in [1.82, 2.24) is 9.97 Å². The molecule has 0 aliphatic carbocycles. The molecule has 2 aliphatic heterocycles. The van der Waals surface area contributed by atoms with Crippen LogP contribution < -0.4 is 16.4 Å². The second-order valence-corrected chi connectivity index (χ2v) is 8.17. The Hall–Kier alpha value is -2.09. The molecule has 1 spiro atoms. The molecule has 148 valence electrons. The molecule has 1 amide bonds. The van der Waals surface area contributed by atoms with E-state index in [-0.39, 0.29) is 21.9 Å². The first-order valence-corrected chi connectivity index (χ1v) is 9.90. The van der Waals surface area contributed by atoms with E-state index in [2.05, 4.69) is 9.97 Å². The predicted octanol–water partition coefficient (Wildman–Crippen LogP) is 3.14. The number of hydrogen-bond acceptors (Lipinski definition) is 6. The van der Waals surface area contributed by atoms with Crippen molar-refractivity contribution in [3.05, 3.63) is 33.9 Å². The summed E-state index contributed by atoms with van der Waals surface area (Å²) >= 11 is 12.4. The van der Waals surface area contributed by atoms with Crippen LogP contribution in [0, 0.1) is 5.41 Å². The fraction of sp³-hybridized carbons (Fsp3) is 0.421. The lowest BCUT2D eigenvalue weighted by molar-refractivity contribution is 0.0996. The van der Waals surface area contributed by atoms with E-state index in [1.54, 1.807) is 18.2 Å². The molecule has 0 unspecified atom stereocenters. The summed E-state index contributed by atoms with van der Waals surface area (Å²) in [6.07, 6.45) is 3.07. The summed E-state index contributed by atoms with van der Waals surface area (Å²) in [5.74, 6) is -0.145. The van der Waals surface area contributed by atoms with Gasteiger partial charge in [0.25, 0.3) is 5.91 Å². The van der Waals surface area contributed by atoms with Crippen LogP contribution in [0.15, 0.2) is 18.2 Å². The zero-order valence-corrected chi connectivity index (χ0v) is 16.8. The first-order chi connectivity index (χ1) is 13.4. The van der Waals surface area contributed by atoms with E-state index in [0.717, 1.165) is 45.6 Å². The molecule has 0 radical (unpaired) electrons. The van der Waals surface area contributed by atoms with Gasteiger partial charge in [-0.25, -0.2) is 4.98 Å². The normalized spacial score (nSPS) is 18.6. The standard InChI is InChI=1S/C19H21Cl2N5O2/c20-12-3-1-2-11(14(12)21)13-15(17(23)27)24-18(25-16(13)22)26-7-4-19(5-8-26)6-9-28-10-19/h1-3H,4-10H2,(H2,23,27)(H2,22,24,25). The molecule has 3 heterocycles. The summed E-state index contributed by atoms with van der Waals surface area (Å²) in [6, 6.07) is 5.08. The minimum Gasteiger partial charge on any atom is -0.383 e. The van der Waals surface area contributed by atoms with Crippen LogP contribution in [-0.2, 0) is 4.74 Å². The van der Waals surface area contributed by atoms with Gasteiger partial charge in [0.2, 0.25) is 5.95 Å². The van der Waals surface area contributed by atoms with Gasteiger partial charge >= 0.3 is 0 Å². The number of ether oxygens (including phenoxy) is 1. The fourth-order valence-electron chi connectivity index (χ4n) is 3.97. The van der Waals surface area contributed by atoms with Gasteiger partial charge in [-0.05, 0) is 30.7 Å². The molecule has 9 heteroatoms. The topological polar surface area (TPSA) is 107 Å². The highest BCUT2D eigenvalue weighted by Crippen LogP contribution is 2.41. The Bertz CT molecular complexity index is 921. The average Bonchev–Trinajstić information content (AvgIpc) is 3.12. The Kier molecular flexibility index (Phi) is 5.07. The molecule has 0 atom stereocenters. The number of aromatic nitrogens is 2. The number of anilines is 2. The first-order valence-electron chi connectivity index (χ1n) is 9.15. The van der Waals surface area contributed by atoms with E-state index in [1.807, 2.05) is 4.90 Å². The van der Waals surface area contributed by atoms with Gasteiger partial charge in [-0.2, -0.15) is 4.98 Å². The van der Waals surface area contributed by atoms with Crippen LogP contribution in [0.3, 0.4) is 0 Å². The van der Waals surface area contributed by atoms with Gasteiger partial charge in [-0.15, -0.1) is 0 Å². The fourth-order valence-corrected chi connectivity index (χ4v) is 4.37. The van der Waals surface area contributed by atoms with Crippen molar-refractivity contribution in [3.63, 3.8) is 0 Å².